The van der Waals surface area contributed by atoms with Gasteiger partial charge >= 0.3 is 5.97 Å². The second-order valence-corrected chi connectivity index (χ2v) is 15.3. The number of benzene rings is 3. The summed E-state index contributed by atoms with van der Waals surface area (Å²) in [5.41, 5.74) is 6.06. The first-order valence-corrected chi connectivity index (χ1v) is 21.3. The second-order valence-electron chi connectivity index (χ2n) is 15.3. The van der Waals surface area contributed by atoms with Crippen LogP contribution in [0.3, 0.4) is 0 Å². The van der Waals surface area contributed by atoms with Crippen LogP contribution >= 0.6 is 0 Å². The monoisotopic (exact) mass is 757 g/mol. The Kier molecular flexibility index (Phi) is 20.5. The van der Waals surface area contributed by atoms with Crippen LogP contribution in [0.2, 0.25) is 0 Å². The van der Waals surface area contributed by atoms with Crippen molar-refractivity contribution in [1.82, 2.24) is 10.2 Å². The van der Waals surface area contributed by atoms with Gasteiger partial charge in [0.2, 0.25) is 5.91 Å². The molecule has 8 heteroatoms. The molecule has 1 saturated heterocycles. The van der Waals surface area contributed by atoms with E-state index in [0.717, 1.165) is 59.4 Å². The fraction of sp³-hybridized carbons (Fsp3) is 0.574. The number of aliphatic hydroxyl groups is 1. The van der Waals surface area contributed by atoms with Crippen molar-refractivity contribution < 1.29 is 29.3 Å². The van der Waals surface area contributed by atoms with Crippen molar-refractivity contribution in [2.24, 2.45) is 0 Å². The first kappa shape index (κ1) is 44.2. The van der Waals surface area contributed by atoms with Crippen molar-refractivity contribution in [2.45, 2.75) is 155 Å². The lowest BCUT2D eigenvalue weighted by Crippen LogP contribution is -2.40. The van der Waals surface area contributed by atoms with E-state index >= 15 is 0 Å². The van der Waals surface area contributed by atoms with Crippen LogP contribution in [-0.2, 0) is 32.2 Å². The quantitative estimate of drug-likeness (QED) is 0.0665. The van der Waals surface area contributed by atoms with Gasteiger partial charge in [-0.25, -0.2) is 0 Å². The second kappa shape index (κ2) is 25.6. The summed E-state index contributed by atoms with van der Waals surface area (Å²) in [6.07, 6.45) is 17.0. The topological polar surface area (TPSA) is 108 Å². The zero-order valence-corrected chi connectivity index (χ0v) is 33.7. The summed E-state index contributed by atoms with van der Waals surface area (Å²) in [7, 11) is 0. The van der Waals surface area contributed by atoms with Crippen LogP contribution in [0, 0.1) is 0 Å². The number of hydrogen-bond acceptors (Lipinski definition) is 6. The average Bonchev–Trinajstić information content (AvgIpc) is 3.21. The minimum absolute atomic E-state index is 0.00888. The average molecular weight is 757 g/mol. The molecule has 3 unspecified atom stereocenters. The number of ether oxygens (including phenoxy) is 2. The van der Waals surface area contributed by atoms with E-state index in [2.05, 4.69) is 66.5 Å². The number of carbonyl (C=O) groups excluding carboxylic acids is 1. The molecule has 0 aliphatic carbocycles. The van der Waals surface area contributed by atoms with E-state index < -0.39 is 12.3 Å². The lowest BCUT2D eigenvalue weighted by molar-refractivity contribution is -0.253. The molecule has 0 spiro atoms. The van der Waals surface area contributed by atoms with Crippen LogP contribution in [0.1, 0.15) is 158 Å². The highest BCUT2D eigenvalue weighted by molar-refractivity contribution is 5.76. The molecular formula is C47H68N2O6. The summed E-state index contributed by atoms with van der Waals surface area (Å²) in [6, 6.07) is 24.6. The molecule has 55 heavy (non-hydrogen) atoms. The van der Waals surface area contributed by atoms with Crippen LogP contribution in [-0.4, -0.2) is 52.7 Å². The Balaban J connectivity index is 1.46. The Morgan fingerprint density at radius 3 is 1.95 bits per heavy atom. The van der Waals surface area contributed by atoms with Gasteiger partial charge in [-0.3, -0.25) is 9.59 Å². The summed E-state index contributed by atoms with van der Waals surface area (Å²) < 4.78 is 13.5. The molecule has 8 nitrogen and oxygen atoms in total. The smallest absolute Gasteiger partial charge is 0.303 e. The summed E-state index contributed by atoms with van der Waals surface area (Å²) in [4.78, 5) is 25.9. The van der Waals surface area contributed by atoms with Crippen molar-refractivity contribution in [1.29, 1.82) is 0 Å². The molecule has 3 aromatic rings. The number of aliphatic carboxylic acids is 1. The molecule has 1 aliphatic heterocycles. The van der Waals surface area contributed by atoms with Crippen LogP contribution in [0.25, 0.3) is 11.1 Å². The zero-order chi connectivity index (χ0) is 39.1. The summed E-state index contributed by atoms with van der Waals surface area (Å²) in [5, 5.41) is 21.5. The van der Waals surface area contributed by atoms with Gasteiger partial charge < -0.3 is 29.9 Å². The molecule has 3 aromatic carbocycles. The maximum Gasteiger partial charge on any atom is 0.303 e. The van der Waals surface area contributed by atoms with Gasteiger partial charge in [-0.05, 0) is 66.6 Å². The van der Waals surface area contributed by atoms with E-state index in [9.17, 15) is 14.7 Å². The normalized spacial score (nSPS) is 17.1. The van der Waals surface area contributed by atoms with E-state index in [0.29, 0.717) is 25.8 Å². The number of aliphatic hydroxyl groups excluding tert-OH is 1. The Hall–Kier alpha value is -3.56. The predicted molar refractivity (Wildman–Crippen MR) is 221 cm³/mol. The molecule has 0 bridgehead atoms. The minimum Gasteiger partial charge on any atom is -0.481 e. The number of carbonyl (C=O) groups is 2. The third-order valence-electron chi connectivity index (χ3n) is 10.8. The molecule has 0 aromatic heterocycles. The third kappa shape index (κ3) is 16.2. The Morgan fingerprint density at radius 2 is 1.31 bits per heavy atom. The summed E-state index contributed by atoms with van der Waals surface area (Å²) >= 11 is 0. The lowest BCUT2D eigenvalue weighted by Gasteiger charge is -2.38. The highest BCUT2D eigenvalue weighted by atomic mass is 16.7. The van der Waals surface area contributed by atoms with Crippen LogP contribution in [0.15, 0.2) is 72.8 Å². The molecule has 1 amide bonds. The number of carboxylic acids is 1. The number of nitrogens with one attached hydrogen (secondary N) is 1. The van der Waals surface area contributed by atoms with Gasteiger partial charge in [0.05, 0.1) is 18.8 Å². The fourth-order valence-electron chi connectivity index (χ4n) is 7.47. The van der Waals surface area contributed by atoms with Gasteiger partial charge in [-0.15, -0.1) is 0 Å². The molecular weight excluding hydrogens is 689 g/mol. The maximum absolute atomic E-state index is 12.5. The first-order valence-electron chi connectivity index (χ1n) is 21.3. The van der Waals surface area contributed by atoms with E-state index in [4.69, 9.17) is 14.6 Å². The van der Waals surface area contributed by atoms with E-state index in [-0.39, 0.29) is 31.1 Å². The van der Waals surface area contributed by atoms with Crippen molar-refractivity contribution in [2.75, 3.05) is 19.6 Å². The van der Waals surface area contributed by atoms with Gasteiger partial charge in [0, 0.05) is 37.9 Å². The maximum atomic E-state index is 12.5. The Morgan fingerprint density at radius 1 is 0.709 bits per heavy atom. The van der Waals surface area contributed by atoms with Crippen molar-refractivity contribution in [3.05, 3.63) is 95.1 Å². The van der Waals surface area contributed by atoms with Crippen LogP contribution in [0.4, 0.5) is 0 Å². The first-order chi connectivity index (χ1) is 26.9. The molecule has 1 fully saturated rings. The van der Waals surface area contributed by atoms with E-state index in [1.54, 1.807) is 0 Å². The molecule has 1 aliphatic rings. The highest BCUT2D eigenvalue weighted by Crippen LogP contribution is 2.39. The van der Waals surface area contributed by atoms with Crippen LogP contribution in [0.5, 0.6) is 0 Å². The van der Waals surface area contributed by atoms with Gasteiger partial charge in [0.1, 0.15) is 0 Å². The number of carboxylic acid groups (broad SMARTS) is 1. The number of amides is 1. The third-order valence-corrected chi connectivity index (χ3v) is 10.8. The molecule has 3 atom stereocenters. The molecule has 0 saturated carbocycles. The standard InChI is InChI=1S/C47H68N2O6/c1-3-5-7-9-11-17-31-49(32-18-12-10-8-6-4-2)35-42-33-44(39-25-23-37(36-50)24-26-39)55-47(54-42)40-29-27-38(28-30-40)43-20-14-13-19-41(43)34-48-45(51)21-15-16-22-46(52)53/h13-14,19-20,23-30,42,44,47,50H,3-12,15-18,21-22,31-36H2,1-2H3,(H,48,51)(H,52,53). The Labute approximate surface area is 331 Å². The number of hydrogen-bond donors (Lipinski definition) is 3. The molecule has 1 heterocycles. The summed E-state index contributed by atoms with van der Waals surface area (Å²) in [5.74, 6) is -0.908. The number of unbranched alkanes of at least 4 members (excludes halogenated alkanes) is 11. The molecule has 4 rings (SSSR count). The van der Waals surface area contributed by atoms with E-state index in [1.165, 1.54) is 77.0 Å². The van der Waals surface area contributed by atoms with E-state index in [1.807, 2.05) is 30.3 Å². The lowest BCUT2D eigenvalue weighted by atomic mass is 9.97. The molecule has 302 valence electrons. The minimum atomic E-state index is -0.834. The number of nitrogens with zero attached hydrogens (tertiary/aromatic N) is 1. The van der Waals surface area contributed by atoms with Gasteiger partial charge in [0.15, 0.2) is 6.29 Å². The highest BCUT2D eigenvalue weighted by Gasteiger charge is 2.33. The zero-order valence-electron chi connectivity index (χ0n) is 33.7. The van der Waals surface area contributed by atoms with Crippen molar-refractivity contribution in [3.63, 3.8) is 0 Å². The molecule has 0 radical (unpaired) electrons. The number of rotatable bonds is 27. The molecule has 3 N–H and O–H groups in total. The predicted octanol–water partition coefficient (Wildman–Crippen LogP) is 10.7. The fourth-order valence-corrected chi connectivity index (χ4v) is 7.47. The Bertz CT molecular complexity index is 1490. The van der Waals surface area contributed by atoms with Gasteiger partial charge in [-0.1, -0.05) is 151 Å². The van der Waals surface area contributed by atoms with Crippen LogP contribution < -0.4 is 5.32 Å². The van der Waals surface area contributed by atoms with Crippen molar-refractivity contribution in [3.8, 4) is 11.1 Å². The SMILES string of the molecule is CCCCCCCCN(CCCCCCCC)CC1CC(c2ccc(CO)cc2)OC(c2ccc(-c3ccccc3CNC(=O)CCCCC(=O)O)cc2)O1. The van der Waals surface area contributed by atoms with Gasteiger partial charge in [-0.2, -0.15) is 0 Å². The largest absolute Gasteiger partial charge is 0.481 e. The summed E-state index contributed by atoms with van der Waals surface area (Å²) in [6.45, 7) is 8.04. The van der Waals surface area contributed by atoms with Gasteiger partial charge in [0.25, 0.3) is 0 Å². The van der Waals surface area contributed by atoms with Crippen molar-refractivity contribution >= 4 is 11.9 Å².